The van der Waals surface area contributed by atoms with Gasteiger partial charge in [0.1, 0.15) is 23.9 Å². The van der Waals surface area contributed by atoms with Gasteiger partial charge in [-0.1, -0.05) is 47.1 Å². The van der Waals surface area contributed by atoms with Gasteiger partial charge in [0.2, 0.25) is 5.79 Å². The van der Waals surface area contributed by atoms with Crippen LogP contribution in [0.5, 0.6) is 5.75 Å². The fraction of sp³-hybridized carbons (Fsp3) is 0.389. The first-order valence-corrected chi connectivity index (χ1v) is 18.1. The quantitative estimate of drug-likeness (QED) is 0.165. The Hall–Kier alpha value is -3.45. The van der Waals surface area contributed by atoms with Gasteiger partial charge in [-0.05, 0) is 61.5 Å². The third kappa shape index (κ3) is 7.82. The van der Waals surface area contributed by atoms with Gasteiger partial charge in [0.05, 0.1) is 36.7 Å². The summed E-state index contributed by atoms with van der Waals surface area (Å²) in [6.07, 6.45) is 5.02. The number of aromatic nitrogens is 2. The van der Waals surface area contributed by atoms with E-state index in [1.54, 1.807) is 43.5 Å². The van der Waals surface area contributed by atoms with Gasteiger partial charge in [0, 0.05) is 74.2 Å². The van der Waals surface area contributed by atoms with Crippen molar-refractivity contribution in [1.82, 2.24) is 14.5 Å². The number of benzene rings is 3. The molecule has 3 fully saturated rings. The lowest BCUT2D eigenvalue weighted by Crippen LogP contribution is -2.46. The largest absolute Gasteiger partial charge is 0.491 e. The van der Waals surface area contributed by atoms with E-state index in [1.807, 2.05) is 29.0 Å². The average Bonchev–Trinajstić information content (AvgIpc) is 3.89. The second-order valence-corrected chi connectivity index (χ2v) is 14.1. The van der Waals surface area contributed by atoms with Gasteiger partial charge in [-0.15, -0.1) is 0 Å². The minimum atomic E-state index is -1.09. The molecule has 3 unspecified atom stereocenters. The Balaban J connectivity index is 0.930. The monoisotopic (exact) mass is 722 g/mol. The normalized spacial score (nSPS) is 23.5. The van der Waals surface area contributed by atoms with E-state index in [0.717, 1.165) is 55.9 Å². The third-order valence-corrected chi connectivity index (χ3v) is 10.7. The van der Waals surface area contributed by atoms with Crippen molar-refractivity contribution in [2.45, 2.75) is 30.8 Å². The van der Waals surface area contributed by atoms with Gasteiger partial charge in [0.25, 0.3) is 0 Å². The lowest BCUT2D eigenvalue weighted by molar-refractivity contribution is -0.189. The highest BCUT2D eigenvalue weighted by Gasteiger charge is 2.45. The van der Waals surface area contributed by atoms with Crippen molar-refractivity contribution in [2.24, 2.45) is 4.99 Å². The minimum Gasteiger partial charge on any atom is -0.491 e. The van der Waals surface area contributed by atoms with Gasteiger partial charge in [0.15, 0.2) is 5.17 Å². The first-order chi connectivity index (χ1) is 23.9. The third-order valence-electron chi connectivity index (χ3n) is 9.01. The van der Waals surface area contributed by atoms with Crippen LogP contribution in [0.25, 0.3) is 0 Å². The van der Waals surface area contributed by atoms with E-state index >= 15 is 0 Å². The lowest BCUT2D eigenvalue weighted by atomic mass is 10.1. The fourth-order valence-electron chi connectivity index (χ4n) is 6.38. The van der Waals surface area contributed by atoms with Crippen molar-refractivity contribution >= 4 is 57.2 Å². The molecule has 10 nitrogen and oxygen atoms in total. The second-order valence-electron chi connectivity index (χ2n) is 12.2. The number of halogens is 2. The smallest absolute Gasteiger partial charge is 0.215 e. The summed E-state index contributed by atoms with van der Waals surface area (Å²) in [6.45, 7) is 8.72. The number of aliphatic imine (C=N–C) groups is 1. The average molecular weight is 724 g/mol. The Kier molecular flexibility index (Phi) is 10.6. The van der Waals surface area contributed by atoms with E-state index in [0.29, 0.717) is 35.4 Å². The zero-order valence-electron chi connectivity index (χ0n) is 27.6. The highest BCUT2D eigenvalue weighted by Crippen LogP contribution is 2.41. The molecule has 3 aliphatic rings. The van der Waals surface area contributed by atoms with E-state index in [4.69, 9.17) is 47.1 Å². The number of rotatable bonds is 11. The number of likely N-dealkylation sites (N-methyl/N-ethyl adjacent to an activating group) is 1. The SMILES string of the molecule is CCN1CC(OC)SC1=Nc1cccc(N2CCN(c3ccc(OCC4COC(Cn5ccnc5)(c5ccc(Cl)cc5Cl)O4)cc3)CC2)c1. The fourth-order valence-corrected chi connectivity index (χ4v) is 8.03. The van der Waals surface area contributed by atoms with Crippen LogP contribution in [0.2, 0.25) is 10.0 Å². The maximum Gasteiger partial charge on any atom is 0.215 e. The van der Waals surface area contributed by atoms with Gasteiger partial charge >= 0.3 is 0 Å². The zero-order chi connectivity index (χ0) is 33.8. The van der Waals surface area contributed by atoms with E-state index < -0.39 is 5.79 Å². The molecule has 13 heteroatoms. The number of hydrogen-bond acceptors (Lipinski definition) is 9. The number of imidazole rings is 1. The van der Waals surface area contributed by atoms with Crippen molar-refractivity contribution in [3.05, 3.63) is 101 Å². The molecular formula is C36H40Cl2N6O4S. The molecule has 3 saturated heterocycles. The molecule has 4 aromatic rings. The number of thioether (sulfide) groups is 1. The van der Waals surface area contributed by atoms with E-state index in [1.165, 1.54) is 11.4 Å². The first kappa shape index (κ1) is 34.0. The van der Waals surface area contributed by atoms with E-state index in [2.05, 4.69) is 63.0 Å². The Morgan fingerprint density at radius 1 is 1.00 bits per heavy atom. The van der Waals surface area contributed by atoms with Crippen LogP contribution in [0.4, 0.5) is 17.1 Å². The Bertz CT molecular complexity index is 1740. The molecule has 0 N–H and O–H groups in total. The van der Waals surface area contributed by atoms with E-state index in [9.17, 15) is 0 Å². The van der Waals surface area contributed by atoms with Gasteiger partial charge in [-0.3, -0.25) is 0 Å². The minimum absolute atomic E-state index is 0.131. The molecule has 0 aliphatic carbocycles. The molecular weight excluding hydrogens is 683 g/mol. The molecule has 0 spiro atoms. The van der Waals surface area contributed by atoms with Gasteiger partial charge < -0.3 is 38.2 Å². The molecule has 4 heterocycles. The molecule has 0 saturated carbocycles. The molecule has 0 bridgehead atoms. The van der Waals surface area contributed by atoms with Crippen LogP contribution < -0.4 is 14.5 Å². The Labute approximate surface area is 301 Å². The highest BCUT2D eigenvalue weighted by atomic mass is 35.5. The predicted octanol–water partition coefficient (Wildman–Crippen LogP) is 6.89. The van der Waals surface area contributed by atoms with E-state index in [-0.39, 0.29) is 11.5 Å². The first-order valence-electron chi connectivity index (χ1n) is 16.5. The molecule has 1 aromatic heterocycles. The number of amidine groups is 1. The molecule has 49 heavy (non-hydrogen) atoms. The molecule has 258 valence electrons. The molecule has 0 radical (unpaired) electrons. The van der Waals surface area contributed by atoms with Crippen LogP contribution in [0, 0.1) is 0 Å². The summed E-state index contributed by atoms with van der Waals surface area (Å²) in [4.78, 5) is 16.2. The van der Waals surface area contributed by atoms with Crippen molar-refractivity contribution in [2.75, 3.05) is 69.4 Å². The molecule has 7 rings (SSSR count). The Morgan fingerprint density at radius 3 is 2.51 bits per heavy atom. The lowest BCUT2D eigenvalue weighted by Gasteiger charge is -2.37. The molecule has 0 amide bonds. The van der Waals surface area contributed by atoms with Crippen LogP contribution in [0.1, 0.15) is 12.5 Å². The van der Waals surface area contributed by atoms with Gasteiger partial charge in [-0.2, -0.15) is 0 Å². The van der Waals surface area contributed by atoms with Crippen molar-refractivity contribution in [1.29, 1.82) is 0 Å². The summed E-state index contributed by atoms with van der Waals surface area (Å²) >= 11 is 14.5. The number of hydrogen-bond donors (Lipinski definition) is 0. The summed E-state index contributed by atoms with van der Waals surface area (Å²) in [5.74, 6) is -0.309. The summed E-state index contributed by atoms with van der Waals surface area (Å²) in [6, 6.07) is 22.2. The zero-order valence-corrected chi connectivity index (χ0v) is 29.9. The number of ether oxygens (including phenoxy) is 4. The number of methoxy groups -OCH3 is 1. The second kappa shape index (κ2) is 15.2. The number of anilines is 2. The maximum absolute atomic E-state index is 6.61. The number of nitrogens with zero attached hydrogens (tertiary/aromatic N) is 6. The van der Waals surface area contributed by atoms with Crippen molar-refractivity contribution in [3.63, 3.8) is 0 Å². The van der Waals surface area contributed by atoms with Crippen LogP contribution in [0.3, 0.4) is 0 Å². The maximum atomic E-state index is 6.61. The summed E-state index contributed by atoms with van der Waals surface area (Å²) in [5, 5.41) is 2.06. The summed E-state index contributed by atoms with van der Waals surface area (Å²) < 4.78 is 26.5. The topological polar surface area (TPSA) is 76.8 Å². The van der Waals surface area contributed by atoms with Crippen molar-refractivity contribution in [3.8, 4) is 5.75 Å². The van der Waals surface area contributed by atoms with Crippen molar-refractivity contribution < 1.29 is 18.9 Å². The highest BCUT2D eigenvalue weighted by molar-refractivity contribution is 8.14. The number of piperazine rings is 1. The molecule has 3 atom stereocenters. The standard InChI is InChI=1S/C36H40Cl2N6O4S/c1-3-42-21-34(45-2)49-35(42)40-27-5-4-6-29(20-27)44-17-15-43(16-18-44)28-8-10-30(11-9-28)46-22-31-23-47-36(48-31,24-41-14-13-39-25-41)32-12-7-26(37)19-33(32)38/h4-14,19-20,25,31,34H,3,15-18,21-24H2,1-2H3. The van der Waals surface area contributed by atoms with Crippen LogP contribution in [-0.4, -0.2) is 90.8 Å². The summed E-state index contributed by atoms with van der Waals surface area (Å²) in [7, 11) is 1.76. The van der Waals surface area contributed by atoms with Crippen LogP contribution in [0.15, 0.2) is 90.4 Å². The van der Waals surface area contributed by atoms with Crippen LogP contribution in [-0.2, 0) is 26.5 Å². The van der Waals surface area contributed by atoms with Crippen LogP contribution >= 0.6 is 35.0 Å². The molecule has 3 aliphatic heterocycles. The molecule has 3 aromatic carbocycles. The summed E-state index contributed by atoms with van der Waals surface area (Å²) in [5.41, 5.74) is 4.19. The predicted molar refractivity (Wildman–Crippen MR) is 197 cm³/mol. The Morgan fingerprint density at radius 2 is 1.80 bits per heavy atom. The van der Waals surface area contributed by atoms with Gasteiger partial charge in [-0.25, -0.2) is 9.98 Å².